The number of aromatic nitrogens is 2. The average Bonchev–Trinajstić information content (AvgIpc) is 3.06. The summed E-state index contributed by atoms with van der Waals surface area (Å²) in [6.45, 7) is 3.78. The standard InChI is InChI=1S/C16H23N3O/c1-2-16-18-14-11-12(17)7-8-15(14)19(16)9-10-20-13-5-3-4-6-13/h7-8,11,13H,2-6,9-10,17H2,1H3. The summed E-state index contributed by atoms with van der Waals surface area (Å²) in [5.74, 6) is 1.11. The van der Waals surface area contributed by atoms with Gasteiger partial charge in [0.2, 0.25) is 0 Å². The van der Waals surface area contributed by atoms with Gasteiger partial charge in [0.05, 0.1) is 23.7 Å². The van der Waals surface area contributed by atoms with E-state index >= 15 is 0 Å². The molecule has 0 saturated heterocycles. The molecule has 108 valence electrons. The van der Waals surface area contributed by atoms with Gasteiger partial charge in [0.25, 0.3) is 0 Å². The number of rotatable bonds is 5. The van der Waals surface area contributed by atoms with E-state index in [0.29, 0.717) is 6.10 Å². The van der Waals surface area contributed by atoms with Crippen LogP contribution in [0, 0.1) is 0 Å². The Kier molecular flexibility index (Phi) is 3.92. The number of hydrogen-bond donors (Lipinski definition) is 1. The minimum Gasteiger partial charge on any atom is -0.399 e. The SMILES string of the molecule is CCc1nc2cc(N)ccc2n1CCOC1CCCC1. The maximum Gasteiger partial charge on any atom is 0.109 e. The molecular formula is C16H23N3O. The number of nitrogens with two attached hydrogens (primary N) is 1. The minimum absolute atomic E-state index is 0.477. The second-order valence-corrected chi connectivity index (χ2v) is 5.56. The molecule has 0 spiro atoms. The van der Waals surface area contributed by atoms with Gasteiger partial charge in [-0.25, -0.2) is 4.98 Å². The first-order valence-corrected chi connectivity index (χ1v) is 7.64. The topological polar surface area (TPSA) is 53.1 Å². The molecule has 0 radical (unpaired) electrons. The molecule has 1 aliphatic carbocycles. The molecule has 20 heavy (non-hydrogen) atoms. The first-order chi connectivity index (χ1) is 9.78. The molecule has 4 nitrogen and oxygen atoms in total. The van der Waals surface area contributed by atoms with Crippen molar-refractivity contribution in [3.05, 3.63) is 24.0 Å². The second-order valence-electron chi connectivity index (χ2n) is 5.56. The quantitative estimate of drug-likeness (QED) is 0.851. The van der Waals surface area contributed by atoms with Gasteiger partial charge in [-0.3, -0.25) is 0 Å². The Bertz CT molecular complexity index is 585. The highest BCUT2D eigenvalue weighted by molar-refractivity contribution is 5.79. The summed E-state index contributed by atoms with van der Waals surface area (Å²) in [7, 11) is 0. The number of aryl methyl sites for hydroxylation is 1. The van der Waals surface area contributed by atoms with E-state index in [-0.39, 0.29) is 0 Å². The average molecular weight is 273 g/mol. The number of nitrogen functional groups attached to an aromatic ring is 1. The summed E-state index contributed by atoms with van der Waals surface area (Å²) >= 11 is 0. The van der Waals surface area contributed by atoms with Crippen molar-refractivity contribution in [2.45, 2.75) is 51.7 Å². The van der Waals surface area contributed by atoms with Gasteiger partial charge in [-0.2, -0.15) is 0 Å². The fourth-order valence-corrected chi connectivity index (χ4v) is 3.08. The van der Waals surface area contributed by atoms with E-state index in [0.717, 1.165) is 42.1 Å². The molecule has 1 saturated carbocycles. The Hall–Kier alpha value is -1.55. The predicted octanol–water partition coefficient (Wildman–Crippen LogP) is 3.14. The first-order valence-electron chi connectivity index (χ1n) is 7.64. The van der Waals surface area contributed by atoms with Crippen LogP contribution in [0.25, 0.3) is 11.0 Å². The van der Waals surface area contributed by atoms with Crippen molar-refractivity contribution in [1.82, 2.24) is 9.55 Å². The van der Waals surface area contributed by atoms with Crippen molar-refractivity contribution in [3.63, 3.8) is 0 Å². The monoisotopic (exact) mass is 273 g/mol. The third-order valence-electron chi connectivity index (χ3n) is 4.14. The summed E-state index contributed by atoms with van der Waals surface area (Å²) in [6.07, 6.45) is 6.49. The van der Waals surface area contributed by atoms with Crippen molar-refractivity contribution < 1.29 is 4.74 Å². The van der Waals surface area contributed by atoms with Gasteiger partial charge in [0, 0.05) is 18.7 Å². The van der Waals surface area contributed by atoms with Gasteiger partial charge in [0.1, 0.15) is 5.82 Å². The highest BCUT2D eigenvalue weighted by Gasteiger charge is 2.15. The van der Waals surface area contributed by atoms with Crippen LogP contribution in [0.5, 0.6) is 0 Å². The highest BCUT2D eigenvalue weighted by Crippen LogP contribution is 2.22. The first kappa shape index (κ1) is 13.4. The van der Waals surface area contributed by atoms with E-state index in [1.54, 1.807) is 0 Å². The van der Waals surface area contributed by atoms with E-state index in [9.17, 15) is 0 Å². The lowest BCUT2D eigenvalue weighted by Crippen LogP contribution is -2.14. The van der Waals surface area contributed by atoms with Crippen molar-refractivity contribution in [2.75, 3.05) is 12.3 Å². The number of hydrogen-bond acceptors (Lipinski definition) is 3. The Balaban J connectivity index is 1.75. The maximum atomic E-state index is 5.98. The Morgan fingerprint density at radius 3 is 2.90 bits per heavy atom. The van der Waals surface area contributed by atoms with Crippen LogP contribution < -0.4 is 5.73 Å². The molecule has 2 aromatic rings. The van der Waals surface area contributed by atoms with Crippen molar-refractivity contribution >= 4 is 16.7 Å². The molecule has 1 aliphatic rings. The van der Waals surface area contributed by atoms with Crippen LogP contribution in [0.2, 0.25) is 0 Å². The fraction of sp³-hybridized carbons (Fsp3) is 0.562. The smallest absolute Gasteiger partial charge is 0.109 e. The lowest BCUT2D eigenvalue weighted by atomic mass is 10.3. The van der Waals surface area contributed by atoms with Gasteiger partial charge in [-0.05, 0) is 31.0 Å². The molecule has 1 aromatic heterocycles. The number of benzene rings is 1. The summed E-state index contributed by atoms with van der Waals surface area (Å²) in [5.41, 5.74) is 8.75. The molecule has 0 aliphatic heterocycles. The molecule has 1 fully saturated rings. The lowest BCUT2D eigenvalue weighted by Gasteiger charge is -2.13. The van der Waals surface area contributed by atoms with Crippen LogP contribution in [0.1, 0.15) is 38.4 Å². The zero-order valence-corrected chi connectivity index (χ0v) is 12.1. The third kappa shape index (κ3) is 2.66. The number of nitrogens with zero attached hydrogens (tertiary/aromatic N) is 2. The van der Waals surface area contributed by atoms with Crippen LogP contribution >= 0.6 is 0 Å². The van der Waals surface area contributed by atoms with Crippen molar-refractivity contribution in [3.8, 4) is 0 Å². The Labute approximate surface area is 119 Å². The second kappa shape index (κ2) is 5.83. The zero-order chi connectivity index (χ0) is 13.9. The molecule has 1 heterocycles. The summed E-state index contributed by atoms with van der Waals surface area (Å²) in [6, 6.07) is 5.95. The van der Waals surface area contributed by atoms with E-state index < -0.39 is 0 Å². The van der Waals surface area contributed by atoms with E-state index in [1.165, 1.54) is 25.7 Å². The number of fused-ring (bicyclic) bond motifs is 1. The van der Waals surface area contributed by atoms with Crippen LogP contribution in [-0.2, 0) is 17.7 Å². The van der Waals surface area contributed by atoms with Gasteiger partial charge in [0.15, 0.2) is 0 Å². The lowest BCUT2D eigenvalue weighted by molar-refractivity contribution is 0.0531. The van der Waals surface area contributed by atoms with Crippen LogP contribution in [-0.4, -0.2) is 22.3 Å². The van der Waals surface area contributed by atoms with Gasteiger partial charge in [-0.15, -0.1) is 0 Å². The fourth-order valence-electron chi connectivity index (χ4n) is 3.08. The number of ether oxygens (including phenoxy) is 1. The molecule has 0 unspecified atom stereocenters. The Morgan fingerprint density at radius 2 is 2.15 bits per heavy atom. The molecule has 0 amide bonds. The van der Waals surface area contributed by atoms with Crippen LogP contribution in [0.3, 0.4) is 0 Å². The van der Waals surface area contributed by atoms with Crippen molar-refractivity contribution in [1.29, 1.82) is 0 Å². The molecule has 4 heteroatoms. The van der Waals surface area contributed by atoms with Gasteiger partial charge < -0.3 is 15.0 Å². The van der Waals surface area contributed by atoms with Crippen LogP contribution in [0.4, 0.5) is 5.69 Å². The minimum atomic E-state index is 0.477. The molecular weight excluding hydrogens is 250 g/mol. The van der Waals surface area contributed by atoms with Crippen molar-refractivity contribution in [2.24, 2.45) is 0 Å². The zero-order valence-electron chi connectivity index (χ0n) is 12.1. The van der Waals surface area contributed by atoms with Gasteiger partial charge >= 0.3 is 0 Å². The van der Waals surface area contributed by atoms with E-state index in [2.05, 4.69) is 22.5 Å². The van der Waals surface area contributed by atoms with E-state index in [1.807, 2.05) is 12.1 Å². The molecule has 0 bridgehead atoms. The third-order valence-corrected chi connectivity index (χ3v) is 4.14. The number of imidazole rings is 1. The normalized spacial score (nSPS) is 16.2. The summed E-state index contributed by atoms with van der Waals surface area (Å²) in [5, 5.41) is 0. The summed E-state index contributed by atoms with van der Waals surface area (Å²) in [4.78, 5) is 4.67. The van der Waals surface area contributed by atoms with E-state index in [4.69, 9.17) is 10.5 Å². The van der Waals surface area contributed by atoms with Crippen LogP contribution in [0.15, 0.2) is 18.2 Å². The molecule has 3 rings (SSSR count). The van der Waals surface area contributed by atoms with Gasteiger partial charge in [-0.1, -0.05) is 19.8 Å². The predicted molar refractivity (Wildman–Crippen MR) is 81.7 cm³/mol. The Morgan fingerprint density at radius 1 is 1.35 bits per heavy atom. The molecule has 1 aromatic carbocycles. The molecule has 0 atom stereocenters. The maximum absolute atomic E-state index is 5.98. The largest absolute Gasteiger partial charge is 0.399 e. The molecule has 2 N–H and O–H groups in total. The number of anilines is 1. The summed E-state index contributed by atoms with van der Waals surface area (Å²) < 4.78 is 8.24. The highest BCUT2D eigenvalue weighted by atomic mass is 16.5.